The van der Waals surface area contributed by atoms with Crippen molar-refractivity contribution in [3.63, 3.8) is 0 Å². The fraction of sp³-hybridized carbons (Fsp3) is 0. The zero-order chi connectivity index (χ0) is 19.4. The van der Waals surface area contributed by atoms with Crippen molar-refractivity contribution in [2.45, 2.75) is 0 Å². The molecular weight excluding hydrogens is 380 g/mol. The number of para-hydroxylation sites is 2. The monoisotopic (exact) mass is 392 g/mol. The molecule has 1 aliphatic heterocycles. The molecule has 0 unspecified atom stereocenters. The van der Waals surface area contributed by atoms with Crippen molar-refractivity contribution in [1.29, 1.82) is 0 Å². The number of halogens is 1. The lowest BCUT2D eigenvalue weighted by atomic mass is 9.97. The first-order valence-corrected chi connectivity index (χ1v) is 9.66. The maximum Gasteiger partial charge on any atom is 0.109 e. The van der Waals surface area contributed by atoms with Crippen molar-refractivity contribution in [3.05, 3.63) is 83.9 Å². The van der Waals surface area contributed by atoms with Crippen LogP contribution in [0, 0.1) is 0 Å². The highest BCUT2D eigenvalue weighted by Crippen LogP contribution is 2.40. The number of fused-ring (bicyclic) bond motifs is 4. The Morgan fingerprint density at radius 3 is 2.14 bits per heavy atom. The van der Waals surface area contributed by atoms with Gasteiger partial charge in [-0.2, -0.15) is 5.11 Å². The van der Waals surface area contributed by atoms with E-state index in [9.17, 15) is 0 Å². The molecule has 2 bridgehead atoms. The molecule has 29 heavy (non-hydrogen) atoms. The Kier molecular flexibility index (Phi) is 3.49. The average molecular weight is 393 g/mol. The minimum absolute atomic E-state index is 0.599. The summed E-state index contributed by atoms with van der Waals surface area (Å²) in [5, 5.41) is 9.00. The molecule has 4 aromatic carbocycles. The first-order valence-electron chi connectivity index (χ1n) is 9.28. The third kappa shape index (κ3) is 2.61. The second-order valence-electron chi connectivity index (χ2n) is 6.99. The molecule has 2 heterocycles. The van der Waals surface area contributed by atoms with Gasteiger partial charge in [0.1, 0.15) is 5.52 Å². The first kappa shape index (κ1) is 16.3. The van der Waals surface area contributed by atoms with Crippen molar-refractivity contribution in [2.75, 3.05) is 0 Å². The Hall–Kier alpha value is -3.63. The Labute approximate surface area is 171 Å². The van der Waals surface area contributed by atoms with Gasteiger partial charge < -0.3 is 0 Å². The van der Waals surface area contributed by atoms with Gasteiger partial charge in [-0.1, -0.05) is 48.0 Å². The predicted octanol–water partition coefficient (Wildman–Crippen LogP) is 7.50. The number of hydrogen-bond donors (Lipinski definition) is 0. The molecule has 1 aliphatic rings. The normalized spacial score (nSPS) is 12.2. The SMILES string of the molecule is Clc1ccc(-c2cccc(-c3ccc4cc3N=N4)c2)c2nc3ccccc3nc12. The van der Waals surface area contributed by atoms with Crippen LogP contribution in [0.15, 0.2) is 89.1 Å². The number of aromatic nitrogens is 2. The van der Waals surface area contributed by atoms with Crippen LogP contribution in [0.2, 0.25) is 5.02 Å². The summed E-state index contributed by atoms with van der Waals surface area (Å²) < 4.78 is 0. The first-order chi connectivity index (χ1) is 14.3. The summed E-state index contributed by atoms with van der Waals surface area (Å²) in [4.78, 5) is 9.64. The second-order valence-corrected chi connectivity index (χ2v) is 7.39. The van der Waals surface area contributed by atoms with Gasteiger partial charge in [-0.05, 0) is 53.6 Å². The van der Waals surface area contributed by atoms with Crippen LogP contribution in [0.5, 0.6) is 0 Å². The van der Waals surface area contributed by atoms with E-state index in [1.807, 2.05) is 54.6 Å². The molecule has 0 amide bonds. The lowest BCUT2D eigenvalue weighted by Crippen LogP contribution is -1.91. The minimum Gasteiger partial charge on any atom is -0.244 e. The van der Waals surface area contributed by atoms with E-state index < -0.39 is 0 Å². The quantitative estimate of drug-likeness (QED) is 0.286. The second kappa shape index (κ2) is 6.19. The highest BCUT2D eigenvalue weighted by atomic mass is 35.5. The third-order valence-corrected chi connectivity index (χ3v) is 5.49. The highest BCUT2D eigenvalue weighted by molar-refractivity contribution is 6.35. The smallest absolute Gasteiger partial charge is 0.109 e. The van der Waals surface area contributed by atoms with E-state index in [-0.39, 0.29) is 0 Å². The number of azo groups is 1. The van der Waals surface area contributed by atoms with Crippen LogP contribution in [-0.2, 0) is 0 Å². The van der Waals surface area contributed by atoms with E-state index in [2.05, 4.69) is 34.5 Å². The van der Waals surface area contributed by atoms with E-state index in [4.69, 9.17) is 21.6 Å². The zero-order valence-electron chi connectivity index (χ0n) is 15.2. The molecule has 1 aromatic heterocycles. The summed E-state index contributed by atoms with van der Waals surface area (Å²) >= 11 is 6.46. The Balaban J connectivity index is 1.58. The maximum absolute atomic E-state index is 6.46. The average Bonchev–Trinajstić information content (AvgIpc) is 3.13. The van der Waals surface area contributed by atoms with Crippen molar-refractivity contribution in [1.82, 2.24) is 9.97 Å². The fourth-order valence-electron chi connectivity index (χ4n) is 3.78. The Morgan fingerprint density at radius 2 is 1.31 bits per heavy atom. The van der Waals surface area contributed by atoms with E-state index in [1.54, 1.807) is 0 Å². The lowest BCUT2D eigenvalue weighted by molar-refractivity contribution is 1.31. The standard InChI is InChI=1S/C24H13ClN4/c25-19-11-10-18(23-24(19)27-21-7-2-1-6-20(21)26-23)15-5-3-4-14(12-15)17-9-8-16-13-22(17)29-28-16/h1-13H. The van der Waals surface area contributed by atoms with Gasteiger partial charge in [0, 0.05) is 11.1 Å². The number of hydrogen-bond acceptors (Lipinski definition) is 4. The predicted molar refractivity (Wildman–Crippen MR) is 117 cm³/mol. The van der Waals surface area contributed by atoms with Gasteiger partial charge in [0.2, 0.25) is 0 Å². The van der Waals surface area contributed by atoms with Crippen LogP contribution in [0.25, 0.3) is 44.3 Å². The topological polar surface area (TPSA) is 50.5 Å². The molecular formula is C24H13ClN4. The molecule has 5 heteroatoms. The molecule has 4 nitrogen and oxygen atoms in total. The van der Waals surface area contributed by atoms with Crippen molar-refractivity contribution in [2.24, 2.45) is 10.2 Å². The number of rotatable bonds is 2. The number of benzene rings is 4. The Bertz CT molecular complexity index is 1470. The van der Waals surface area contributed by atoms with Gasteiger partial charge in [0.15, 0.2) is 0 Å². The van der Waals surface area contributed by atoms with Gasteiger partial charge in [0.05, 0.1) is 32.9 Å². The van der Waals surface area contributed by atoms with Gasteiger partial charge in [-0.25, -0.2) is 9.97 Å². The van der Waals surface area contributed by atoms with Crippen molar-refractivity contribution >= 4 is 45.0 Å². The van der Waals surface area contributed by atoms with E-state index in [1.165, 1.54) is 0 Å². The summed E-state index contributed by atoms with van der Waals surface area (Å²) in [7, 11) is 0. The molecule has 6 rings (SSSR count). The minimum atomic E-state index is 0.599. The summed E-state index contributed by atoms with van der Waals surface area (Å²) in [6.45, 7) is 0. The fourth-order valence-corrected chi connectivity index (χ4v) is 3.97. The summed E-state index contributed by atoms with van der Waals surface area (Å²) in [5.41, 5.74) is 9.19. The van der Waals surface area contributed by atoms with Gasteiger partial charge >= 0.3 is 0 Å². The molecule has 0 radical (unpaired) electrons. The summed E-state index contributed by atoms with van der Waals surface area (Å²) in [6.07, 6.45) is 0. The summed E-state index contributed by atoms with van der Waals surface area (Å²) in [6, 6.07) is 26.2. The molecule has 0 spiro atoms. The van der Waals surface area contributed by atoms with E-state index >= 15 is 0 Å². The van der Waals surface area contributed by atoms with Crippen LogP contribution in [0.3, 0.4) is 0 Å². The molecule has 136 valence electrons. The number of nitrogens with zero attached hydrogens (tertiary/aromatic N) is 4. The van der Waals surface area contributed by atoms with E-state index in [0.29, 0.717) is 10.5 Å². The van der Waals surface area contributed by atoms with Gasteiger partial charge in [0.25, 0.3) is 0 Å². The maximum atomic E-state index is 6.46. The van der Waals surface area contributed by atoms with Crippen LogP contribution in [0.1, 0.15) is 0 Å². The largest absolute Gasteiger partial charge is 0.244 e. The molecule has 0 N–H and O–H groups in total. The summed E-state index contributed by atoms with van der Waals surface area (Å²) in [5.74, 6) is 0. The van der Waals surface area contributed by atoms with Gasteiger partial charge in [-0.3, -0.25) is 0 Å². The molecule has 0 atom stereocenters. The lowest BCUT2D eigenvalue weighted by Gasteiger charge is -2.10. The van der Waals surface area contributed by atoms with Crippen LogP contribution in [0.4, 0.5) is 11.4 Å². The molecule has 5 aromatic rings. The molecule has 0 saturated carbocycles. The third-order valence-electron chi connectivity index (χ3n) is 5.19. The Morgan fingerprint density at radius 1 is 0.586 bits per heavy atom. The zero-order valence-corrected chi connectivity index (χ0v) is 15.9. The van der Waals surface area contributed by atoms with Crippen LogP contribution < -0.4 is 0 Å². The van der Waals surface area contributed by atoms with Crippen molar-refractivity contribution < 1.29 is 0 Å². The highest BCUT2D eigenvalue weighted by Gasteiger charge is 2.14. The van der Waals surface area contributed by atoms with Crippen LogP contribution >= 0.6 is 11.6 Å². The van der Waals surface area contributed by atoms with Gasteiger partial charge in [-0.15, -0.1) is 5.11 Å². The molecule has 0 aliphatic carbocycles. The van der Waals surface area contributed by atoms with E-state index in [0.717, 1.165) is 50.2 Å². The molecule has 0 fully saturated rings. The molecule has 0 saturated heterocycles. The van der Waals surface area contributed by atoms with Crippen molar-refractivity contribution in [3.8, 4) is 22.3 Å². The van der Waals surface area contributed by atoms with Crippen LogP contribution in [-0.4, -0.2) is 9.97 Å².